The third-order valence-electron chi connectivity index (χ3n) is 5.46. The van der Waals surface area contributed by atoms with Crippen molar-refractivity contribution in [2.75, 3.05) is 5.32 Å². The molecule has 4 aromatic rings. The second-order valence-corrected chi connectivity index (χ2v) is 7.74. The largest absolute Gasteiger partial charge is 0.489 e. The van der Waals surface area contributed by atoms with E-state index in [1.165, 1.54) is 0 Å². The van der Waals surface area contributed by atoms with E-state index < -0.39 is 0 Å². The lowest BCUT2D eigenvalue weighted by atomic mass is 10.1. The van der Waals surface area contributed by atoms with Crippen molar-refractivity contribution < 1.29 is 9.53 Å². The minimum atomic E-state index is -0.309. The van der Waals surface area contributed by atoms with Crippen LogP contribution < -0.4 is 15.5 Å². The molecule has 0 bridgehead atoms. The topological polar surface area (TPSA) is 80.5 Å². The molecule has 3 aromatic carbocycles. The molecule has 0 saturated carbocycles. The fourth-order valence-corrected chi connectivity index (χ4v) is 3.72. The van der Waals surface area contributed by atoms with Gasteiger partial charge in [-0.3, -0.25) is 4.79 Å². The van der Waals surface area contributed by atoms with E-state index in [9.17, 15) is 4.79 Å². The molecule has 2 heterocycles. The summed E-state index contributed by atoms with van der Waals surface area (Å²) >= 11 is 0. The molecular weight excluding hydrogens is 414 g/mol. The van der Waals surface area contributed by atoms with Gasteiger partial charge >= 0.3 is 0 Å². The second kappa shape index (κ2) is 9.40. The maximum absolute atomic E-state index is 12.6. The number of hydrogen-bond donors (Lipinski definition) is 2. The number of carbonyl (C=O) groups is 1. The van der Waals surface area contributed by atoms with Crippen molar-refractivity contribution in [3.8, 4) is 5.75 Å². The van der Waals surface area contributed by atoms with E-state index in [0.717, 1.165) is 22.4 Å². The van der Waals surface area contributed by atoms with Gasteiger partial charge in [-0.05, 0) is 41.0 Å². The van der Waals surface area contributed by atoms with E-state index in [0.29, 0.717) is 24.5 Å². The summed E-state index contributed by atoms with van der Waals surface area (Å²) in [6, 6.07) is 27.7. The number of hydrazone groups is 1. The lowest BCUT2D eigenvalue weighted by molar-refractivity contribution is 0.0956. The number of benzene rings is 3. The second-order valence-electron chi connectivity index (χ2n) is 7.74. The third kappa shape index (κ3) is 4.77. The number of rotatable bonds is 7. The van der Waals surface area contributed by atoms with Gasteiger partial charge in [0.1, 0.15) is 23.7 Å². The van der Waals surface area contributed by atoms with Crippen LogP contribution >= 0.6 is 0 Å². The van der Waals surface area contributed by atoms with E-state index >= 15 is 0 Å². The molecule has 7 heteroatoms. The average Bonchev–Trinajstić information content (AvgIpc) is 3.46. The van der Waals surface area contributed by atoms with Crippen molar-refractivity contribution in [1.82, 2.24) is 15.2 Å². The van der Waals surface area contributed by atoms with Crippen LogP contribution in [-0.4, -0.2) is 21.9 Å². The molecule has 0 saturated heterocycles. The van der Waals surface area contributed by atoms with E-state index in [4.69, 9.17) is 4.74 Å². The highest BCUT2D eigenvalue weighted by molar-refractivity contribution is 5.99. The first-order valence-electron chi connectivity index (χ1n) is 10.7. The number of nitrogens with one attached hydrogen (secondary N) is 2. The van der Waals surface area contributed by atoms with Crippen LogP contribution in [0.4, 0.5) is 5.82 Å². The molecule has 0 fully saturated rings. The Morgan fingerprint density at radius 1 is 1.06 bits per heavy atom. The Kier molecular flexibility index (Phi) is 5.84. The summed E-state index contributed by atoms with van der Waals surface area (Å²) in [7, 11) is 0. The van der Waals surface area contributed by atoms with Gasteiger partial charge in [-0.15, -0.1) is 0 Å². The van der Waals surface area contributed by atoms with E-state index in [1.807, 2.05) is 77.5 Å². The Morgan fingerprint density at radius 2 is 1.79 bits per heavy atom. The fraction of sp³-hybridized carbons (Fsp3) is 0.115. The summed E-state index contributed by atoms with van der Waals surface area (Å²) < 4.78 is 7.60. The van der Waals surface area contributed by atoms with Gasteiger partial charge < -0.3 is 10.1 Å². The van der Waals surface area contributed by atoms with Gasteiger partial charge in [-0.1, -0.05) is 60.7 Å². The van der Waals surface area contributed by atoms with Gasteiger partial charge in [0, 0.05) is 0 Å². The van der Waals surface area contributed by atoms with Crippen LogP contribution in [0.3, 0.4) is 0 Å². The first-order chi connectivity index (χ1) is 16.3. The van der Waals surface area contributed by atoms with Crippen molar-refractivity contribution in [2.45, 2.75) is 19.2 Å². The molecule has 7 nitrogen and oxygen atoms in total. The first-order valence-corrected chi connectivity index (χ1v) is 10.7. The zero-order chi connectivity index (χ0) is 22.5. The lowest BCUT2D eigenvalue weighted by Crippen LogP contribution is -2.18. The third-order valence-corrected chi connectivity index (χ3v) is 5.46. The number of carbonyl (C=O) groups excluding carboxylic acids is 1. The maximum atomic E-state index is 12.6. The maximum Gasteiger partial charge on any atom is 0.276 e. The fourth-order valence-electron chi connectivity index (χ4n) is 3.72. The van der Waals surface area contributed by atoms with Crippen molar-refractivity contribution in [1.29, 1.82) is 0 Å². The van der Waals surface area contributed by atoms with Crippen LogP contribution in [0.5, 0.6) is 5.75 Å². The van der Waals surface area contributed by atoms with Gasteiger partial charge in [-0.25, -0.2) is 10.1 Å². The zero-order valence-electron chi connectivity index (χ0n) is 17.9. The molecule has 0 spiro atoms. The predicted octanol–water partition coefficient (Wildman–Crippen LogP) is 4.39. The summed E-state index contributed by atoms with van der Waals surface area (Å²) in [6.07, 6.45) is 3.16. The zero-order valence-corrected chi connectivity index (χ0v) is 17.9. The predicted molar refractivity (Wildman–Crippen MR) is 127 cm³/mol. The van der Waals surface area contributed by atoms with Crippen LogP contribution in [0.1, 0.15) is 33.1 Å². The number of nitrogens with zero attached hydrogens (tertiary/aromatic N) is 3. The van der Waals surface area contributed by atoms with E-state index in [1.54, 1.807) is 12.4 Å². The monoisotopic (exact) mass is 437 g/mol. The normalized spacial score (nSPS) is 14.6. The Balaban J connectivity index is 1.16. The number of anilines is 1. The molecule has 1 amide bonds. The highest BCUT2D eigenvalue weighted by Gasteiger charge is 2.27. The minimum absolute atomic E-state index is 0.0903. The van der Waals surface area contributed by atoms with Gasteiger partial charge in [-0.2, -0.15) is 10.2 Å². The van der Waals surface area contributed by atoms with Gasteiger partial charge in [0.2, 0.25) is 0 Å². The van der Waals surface area contributed by atoms with Crippen molar-refractivity contribution >= 4 is 17.9 Å². The number of hydrogen-bond acceptors (Lipinski definition) is 5. The number of amides is 1. The van der Waals surface area contributed by atoms with Crippen LogP contribution in [0.2, 0.25) is 0 Å². The summed E-state index contributed by atoms with van der Waals surface area (Å²) in [5, 5.41) is 11.8. The van der Waals surface area contributed by atoms with Gasteiger partial charge in [0.25, 0.3) is 5.91 Å². The molecule has 0 radical (unpaired) electrons. The molecule has 2 N–H and O–H groups in total. The number of fused-ring (bicyclic) bond motifs is 1. The summed E-state index contributed by atoms with van der Waals surface area (Å²) in [5.41, 5.74) is 6.17. The molecule has 1 aliphatic heterocycles. The SMILES string of the molecule is O=C(N/N=C/c1ccc(OCc2ccccc2)cc1)c1cnn2c1NC(c1ccccc1)C2. The average molecular weight is 438 g/mol. The number of aromatic nitrogens is 2. The van der Waals surface area contributed by atoms with Gasteiger partial charge in [0.05, 0.1) is 25.0 Å². The van der Waals surface area contributed by atoms with Crippen LogP contribution in [0, 0.1) is 0 Å². The highest BCUT2D eigenvalue weighted by atomic mass is 16.5. The lowest BCUT2D eigenvalue weighted by Gasteiger charge is -2.10. The van der Waals surface area contributed by atoms with Gasteiger partial charge in [0.15, 0.2) is 0 Å². The Hall–Kier alpha value is -4.39. The molecule has 5 rings (SSSR count). The molecule has 1 atom stereocenters. The molecular formula is C26H23N5O2. The molecule has 1 aliphatic rings. The van der Waals surface area contributed by atoms with E-state index in [-0.39, 0.29) is 11.9 Å². The Labute approximate surface area is 191 Å². The van der Waals surface area contributed by atoms with Crippen LogP contribution in [0.15, 0.2) is 96.2 Å². The molecule has 1 aromatic heterocycles. The Bertz CT molecular complexity index is 1250. The van der Waals surface area contributed by atoms with E-state index in [2.05, 4.69) is 33.1 Å². The first kappa shape index (κ1) is 20.5. The summed E-state index contributed by atoms with van der Waals surface area (Å²) in [5.74, 6) is 1.17. The molecule has 33 heavy (non-hydrogen) atoms. The standard InChI is InChI=1S/C26H23N5O2/c32-26(23-16-28-31-17-24(29-25(23)31)21-9-5-2-6-10-21)30-27-15-19-11-13-22(14-12-19)33-18-20-7-3-1-4-8-20/h1-16,24,29H,17-18H2,(H,30,32)/b27-15+. The molecule has 164 valence electrons. The molecule has 1 unspecified atom stereocenters. The van der Waals surface area contributed by atoms with Crippen LogP contribution in [-0.2, 0) is 13.2 Å². The molecule has 0 aliphatic carbocycles. The summed E-state index contributed by atoms with van der Waals surface area (Å²) in [6.45, 7) is 1.19. The smallest absolute Gasteiger partial charge is 0.276 e. The number of ether oxygens (including phenoxy) is 1. The highest BCUT2D eigenvalue weighted by Crippen LogP contribution is 2.30. The summed E-state index contributed by atoms with van der Waals surface area (Å²) in [4.78, 5) is 12.6. The Morgan fingerprint density at radius 3 is 2.55 bits per heavy atom. The van der Waals surface area contributed by atoms with Crippen LogP contribution in [0.25, 0.3) is 0 Å². The quantitative estimate of drug-likeness (QED) is 0.332. The van der Waals surface area contributed by atoms with Crippen molar-refractivity contribution in [2.24, 2.45) is 5.10 Å². The van der Waals surface area contributed by atoms with Crippen molar-refractivity contribution in [3.63, 3.8) is 0 Å². The minimum Gasteiger partial charge on any atom is -0.489 e. The van der Waals surface area contributed by atoms with Crippen molar-refractivity contribution in [3.05, 3.63) is 113 Å².